The summed E-state index contributed by atoms with van der Waals surface area (Å²) in [5, 5.41) is 5.31. The second-order valence-corrected chi connectivity index (χ2v) is 6.76. The predicted octanol–water partition coefficient (Wildman–Crippen LogP) is 4.57. The molecule has 120 valence electrons. The average Bonchev–Trinajstić information content (AvgIpc) is 2.55. The number of hydrogen-bond acceptors (Lipinski definition) is 3. The zero-order chi connectivity index (χ0) is 17.1. The molecular weight excluding hydrogens is 437 g/mol. The SMILES string of the molecule is Cc1ccc2cc(/C=N/NC(=O)c3ccccc3I)c(Cl)nc2c1. The number of pyridine rings is 1. The summed E-state index contributed by atoms with van der Waals surface area (Å²) in [5.41, 5.74) is 5.69. The van der Waals surface area contributed by atoms with E-state index in [1.54, 1.807) is 6.07 Å². The van der Waals surface area contributed by atoms with Gasteiger partial charge in [-0.2, -0.15) is 5.10 Å². The lowest BCUT2D eigenvalue weighted by molar-refractivity contribution is 0.0954. The van der Waals surface area contributed by atoms with Gasteiger partial charge in [0.25, 0.3) is 5.91 Å². The zero-order valence-electron chi connectivity index (χ0n) is 12.8. The molecule has 0 saturated heterocycles. The summed E-state index contributed by atoms with van der Waals surface area (Å²) in [7, 11) is 0. The van der Waals surface area contributed by atoms with Gasteiger partial charge in [0.1, 0.15) is 5.15 Å². The summed E-state index contributed by atoms with van der Waals surface area (Å²) in [6.45, 7) is 2.00. The molecule has 1 aromatic heterocycles. The lowest BCUT2D eigenvalue weighted by Gasteiger charge is -2.04. The maximum atomic E-state index is 12.1. The molecule has 1 amide bonds. The maximum Gasteiger partial charge on any atom is 0.272 e. The monoisotopic (exact) mass is 449 g/mol. The fraction of sp³-hybridized carbons (Fsp3) is 0.0556. The molecule has 24 heavy (non-hydrogen) atoms. The van der Waals surface area contributed by atoms with Crippen molar-refractivity contribution < 1.29 is 4.79 Å². The van der Waals surface area contributed by atoms with Crippen molar-refractivity contribution in [1.82, 2.24) is 10.4 Å². The molecule has 0 saturated carbocycles. The van der Waals surface area contributed by atoms with E-state index in [1.165, 1.54) is 6.21 Å². The number of aryl methyl sites for hydroxylation is 1. The minimum atomic E-state index is -0.267. The van der Waals surface area contributed by atoms with Gasteiger partial charge in [0, 0.05) is 14.5 Å². The highest BCUT2D eigenvalue weighted by Gasteiger charge is 2.08. The van der Waals surface area contributed by atoms with Crippen LogP contribution in [0.25, 0.3) is 10.9 Å². The van der Waals surface area contributed by atoms with Crippen molar-refractivity contribution in [2.75, 3.05) is 0 Å². The first-order chi connectivity index (χ1) is 11.5. The highest BCUT2D eigenvalue weighted by atomic mass is 127. The van der Waals surface area contributed by atoms with Gasteiger partial charge < -0.3 is 0 Å². The van der Waals surface area contributed by atoms with Gasteiger partial charge in [0.05, 0.1) is 17.3 Å². The molecule has 4 nitrogen and oxygen atoms in total. The van der Waals surface area contributed by atoms with Gasteiger partial charge in [-0.1, -0.05) is 35.9 Å². The Morgan fingerprint density at radius 3 is 2.83 bits per heavy atom. The average molecular weight is 450 g/mol. The molecule has 6 heteroatoms. The molecule has 0 aliphatic rings. The van der Waals surface area contributed by atoms with Crippen LogP contribution in [0.5, 0.6) is 0 Å². The zero-order valence-corrected chi connectivity index (χ0v) is 15.7. The quantitative estimate of drug-likeness (QED) is 0.276. The number of carbonyl (C=O) groups excluding carboxylic acids is 1. The summed E-state index contributed by atoms with van der Waals surface area (Å²) in [6, 6.07) is 15.2. The first kappa shape index (κ1) is 16.9. The van der Waals surface area contributed by atoms with Crippen LogP contribution in [0.2, 0.25) is 5.15 Å². The van der Waals surface area contributed by atoms with E-state index in [-0.39, 0.29) is 5.91 Å². The van der Waals surface area contributed by atoms with Gasteiger partial charge in [0.2, 0.25) is 0 Å². The highest BCUT2D eigenvalue weighted by Crippen LogP contribution is 2.20. The third-order valence-electron chi connectivity index (χ3n) is 3.44. The molecule has 0 unspecified atom stereocenters. The lowest BCUT2D eigenvalue weighted by Crippen LogP contribution is -2.18. The number of amides is 1. The van der Waals surface area contributed by atoms with Gasteiger partial charge in [0.15, 0.2) is 0 Å². The lowest BCUT2D eigenvalue weighted by atomic mass is 10.1. The summed E-state index contributed by atoms with van der Waals surface area (Å²) in [4.78, 5) is 16.5. The van der Waals surface area contributed by atoms with E-state index >= 15 is 0 Å². The molecule has 1 heterocycles. The van der Waals surface area contributed by atoms with Crippen LogP contribution in [0.1, 0.15) is 21.5 Å². The Bertz CT molecular complexity index is 956. The van der Waals surface area contributed by atoms with E-state index in [1.807, 2.05) is 49.4 Å². The molecule has 0 fully saturated rings. The molecule has 0 bridgehead atoms. The Hall–Kier alpha value is -1.99. The third-order valence-corrected chi connectivity index (χ3v) is 4.69. The number of aromatic nitrogens is 1. The summed E-state index contributed by atoms with van der Waals surface area (Å²) in [5.74, 6) is -0.267. The molecule has 0 spiro atoms. The van der Waals surface area contributed by atoms with Crippen molar-refractivity contribution in [3.63, 3.8) is 0 Å². The summed E-state index contributed by atoms with van der Waals surface area (Å²) >= 11 is 8.31. The van der Waals surface area contributed by atoms with Crippen LogP contribution in [0.15, 0.2) is 53.6 Å². The first-order valence-electron chi connectivity index (χ1n) is 7.19. The fourth-order valence-electron chi connectivity index (χ4n) is 2.23. The van der Waals surface area contributed by atoms with Crippen molar-refractivity contribution >= 4 is 57.2 Å². The number of nitrogens with one attached hydrogen (secondary N) is 1. The summed E-state index contributed by atoms with van der Waals surface area (Å²) in [6.07, 6.45) is 1.50. The third kappa shape index (κ3) is 3.73. The smallest absolute Gasteiger partial charge is 0.267 e. The Labute approximate surface area is 158 Å². The van der Waals surface area contributed by atoms with Crippen LogP contribution in [-0.2, 0) is 0 Å². The molecule has 2 aromatic carbocycles. The highest BCUT2D eigenvalue weighted by molar-refractivity contribution is 14.1. The standard InChI is InChI=1S/C18H13ClIN3O/c1-11-6-7-12-9-13(17(19)22-16(12)8-11)10-21-23-18(24)14-4-2-3-5-15(14)20/h2-10H,1H3,(H,23,24)/b21-10+. The van der Waals surface area contributed by atoms with E-state index < -0.39 is 0 Å². The molecule has 3 rings (SSSR count). The number of hydrogen-bond donors (Lipinski definition) is 1. The van der Waals surface area contributed by atoms with Crippen molar-refractivity contribution in [2.45, 2.75) is 6.92 Å². The van der Waals surface area contributed by atoms with E-state index in [0.717, 1.165) is 20.0 Å². The number of halogens is 2. The predicted molar refractivity (Wildman–Crippen MR) is 106 cm³/mol. The van der Waals surface area contributed by atoms with Crippen molar-refractivity contribution in [1.29, 1.82) is 0 Å². The van der Waals surface area contributed by atoms with Gasteiger partial charge in [-0.15, -0.1) is 0 Å². The van der Waals surface area contributed by atoms with Crippen LogP contribution in [-0.4, -0.2) is 17.1 Å². The molecule has 3 aromatic rings. The Morgan fingerprint density at radius 2 is 2.04 bits per heavy atom. The minimum Gasteiger partial charge on any atom is -0.267 e. The van der Waals surface area contributed by atoms with Gasteiger partial charge in [-0.05, 0) is 59.3 Å². The molecule has 0 radical (unpaired) electrons. The Morgan fingerprint density at radius 1 is 1.25 bits per heavy atom. The fourth-order valence-corrected chi connectivity index (χ4v) is 3.05. The van der Waals surface area contributed by atoms with Crippen LogP contribution in [0.4, 0.5) is 0 Å². The van der Waals surface area contributed by atoms with Crippen LogP contribution < -0.4 is 5.43 Å². The number of nitrogens with zero attached hydrogens (tertiary/aromatic N) is 2. The molecule has 0 aliphatic carbocycles. The van der Waals surface area contributed by atoms with E-state index in [9.17, 15) is 4.79 Å². The number of hydrazone groups is 1. The Kier molecular flexibility index (Phi) is 5.11. The van der Waals surface area contributed by atoms with Crippen LogP contribution >= 0.6 is 34.2 Å². The van der Waals surface area contributed by atoms with Crippen molar-refractivity contribution in [2.24, 2.45) is 5.10 Å². The maximum absolute atomic E-state index is 12.1. The van der Waals surface area contributed by atoms with Gasteiger partial charge in [-0.25, -0.2) is 10.4 Å². The number of fused-ring (bicyclic) bond motifs is 1. The number of carbonyl (C=O) groups is 1. The van der Waals surface area contributed by atoms with E-state index in [4.69, 9.17) is 11.6 Å². The molecular formula is C18H13ClIN3O. The van der Waals surface area contributed by atoms with E-state index in [2.05, 4.69) is 38.1 Å². The number of rotatable bonds is 3. The molecule has 1 N–H and O–H groups in total. The second kappa shape index (κ2) is 7.27. The van der Waals surface area contributed by atoms with Crippen molar-refractivity contribution in [3.05, 3.63) is 73.9 Å². The van der Waals surface area contributed by atoms with E-state index in [0.29, 0.717) is 16.3 Å². The largest absolute Gasteiger partial charge is 0.272 e. The number of benzene rings is 2. The van der Waals surface area contributed by atoms with Gasteiger partial charge in [-0.3, -0.25) is 4.79 Å². The topological polar surface area (TPSA) is 54.4 Å². The van der Waals surface area contributed by atoms with Crippen LogP contribution in [0, 0.1) is 10.5 Å². The Balaban J connectivity index is 1.80. The first-order valence-corrected chi connectivity index (χ1v) is 8.65. The molecule has 0 atom stereocenters. The normalized spacial score (nSPS) is 11.1. The second-order valence-electron chi connectivity index (χ2n) is 5.24. The minimum absolute atomic E-state index is 0.267. The van der Waals surface area contributed by atoms with Crippen LogP contribution in [0.3, 0.4) is 0 Å². The molecule has 0 aliphatic heterocycles. The van der Waals surface area contributed by atoms with Gasteiger partial charge >= 0.3 is 0 Å². The van der Waals surface area contributed by atoms with Crippen molar-refractivity contribution in [3.8, 4) is 0 Å². The summed E-state index contributed by atoms with van der Waals surface area (Å²) < 4.78 is 0.864.